The van der Waals surface area contributed by atoms with Crippen LogP contribution < -0.4 is 5.73 Å². The van der Waals surface area contributed by atoms with Crippen LogP contribution in [0, 0.1) is 11.3 Å². The molecule has 0 saturated heterocycles. The average molecular weight is 447 g/mol. The number of benzene rings is 2. The van der Waals surface area contributed by atoms with Gasteiger partial charge in [0.05, 0.1) is 12.9 Å². The van der Waals surface area contributed by atoms with Gasteiger partial charge in [-0.3, -0.25) is 0 Å². The standard InChI is InChI=1S/C26H30N4O3/c1-3-31-26(32-4-2)33-18-22(20-11-7-5-8-12-20)16-30-17-24(21-13-9-6-10-14-21)23(15-27)25(30)29-19-28/h5-14,17,19,22,26H,3-4,16,18H2,1-2H3,(H2,28,29). The van der Waals surface area contributed by atoms with Crippen molar-refractivity contribution in [2.75, 3.05) is 19.8 Å². The smallest absolute Gasteiger partial charge is 0.271 e. The van der Waals surface area contributed by atoms with Crippen LogP contribution in [0.1, 0.15) is 30.9 Å². The molecule has 2 N–H and O–H groups in total. The van der Waals surface area contributed by atoms with Gasteiger partial charge in [0, 0.05) is 37.4 Å². The van der Waals surface area contributed by atoms with Crippen molar-refractivity contribution in [2.45, 2.75) is 32.8 Å². The lowest BCUT2D eigenvalue weighted by Gasteiger charge is -2.23. The number of nitrogens with two attached hydrogens (primary N) is 1. The Kier molecular flexibility index (Phi) is 9.21. The minimum atomic E-state index is -0.730. The van der Waals surface area contributed by atoms with E-state index in [0.29, 0.717) is 37.7 Å². The SMILES string of the molecule is CCOC(OCC)OCC(Cn1cc(-c2ccccc2)c(C#N)c1/N=C/N)c1ccccc1. The zero-order valence-corrected chi connectivity index (χ0v) is 19.1. The normalized spacial score (nSPS) is 12.3. The van der Waals surface area contributed by atoms with E-state index in [-0.39, 0.29) is 5.92 Å². The minimum absolute atomic E-state index is 0.0381. The van der Waals surface area contributed by atoms with E-state index in [1.807, 2.05) is 73.1 Å². The van der Waals surface area contributed by atoms with E-state index >= 15 is 0 Å². The molecule has 33 heavy (non-hydrogen) atoms. The van der Waals surface area contributed by atoms with Crippen LogP contribution in [0.25, 0.3) is 11.1 Å². The molecule has 0 aliphatic heterocycles. The summed E-state index contributed by atoms with van der Waals surface area (Å²) in [6, 6.07) is 22.2. The van der Waals surface area contributed by atoms with E-state index in [4.69, 9.17) is 19.9 Å². The number of hydrogen-bond acceptors (Lipinski definition) is 5. The summed E-state index contributed by atoms with van der Waals surface area (Å²) < 4.78 is 19.0. The number of aliphatic imine (C=N–C) groups is 1. The van der Waals surface area contributed by atoms with Gasteiger partial charge in [-0.25, -0.2) is 4.99 Å². The van der Waals surface area contributed by atoms with Crippen molar-refractivity contribution in [3.63, 3.8) is 0 Å². The highest BCUT2D eigenvalue weighted by Crippen LogP contribution is 2.34. The van der Waals surface area contributed by atoms with Crippen molar-refractivity contribution >= 4 is 12.2 Å². The van der Waals surface area contributed by atoms with Crippen LogP contribution in [0.3, 0.4) is 0 Å². The molecular weight excluding hydrogens is 416 g/mol. The maximum atomic E-state index is 9.91. The fourth-order valence-electron chi connectivity index (χ4n) is 3.67. The molecule has 7 heteroatoms. The Balaban J connectivity index is 1.96. The molecule has 2 aromatic carbocycles. The summed E-state index contributed by atoms with van der Waals surface area (Å²) in [7, 11) is 0. The van der Waals surface area contributed by atoms with Crippen molar-refractivity contribution in [3.05, 3.63) is 78.0 Å². The zero-order valence-electron chi connectivity index (χ0n) is 19.1. The van der Waals surface area contributed by atoms with Crippen LogP contribution in [0.5, 0.6) is 0 Å². The van der Waals surface area contributed by atoms with Crippen LogP contribution in [-0.4, -0.2) is 37.2 Å². The summed E-state index contributed by atoms with van der Waals surface area (Å²) in [4.78, 5) is 4.33. The third-order valence-electron chi connectivity index (χ3n) is 5.17. The van der Waals surface area contributed by atoms with Crippen molar-refractivity contribution in [1.82, 2.24) is 4.57 Å². The molecule has 0 bridgehead atoms. The lowest BCUT2D eigenvalue weighted by molar-refractivity contribution is -0.286. The molecule has 0 radical (unpaired) electrons. The van der Waals surface area contributed by atoms with Crippen molar-refractivity contribution in [3.8, 4) is 17.2 Å². The van der Waals surface area contributed by atoms with E-state index < -0.39 is 6.48 Å². The molecule has 0 amide bonds. The van der Waals surface area contributed by atoms with Gasteiger partial charge in [-0.05, 0) is 25.0 Å². The molecule has 172 valence electrons. The van der Waals surface area contributed by atoms with Crippen LogP contribution in [0.4, 0.5) is 5.82 Å². The summed E-state index contributed by atoms with van der Waals surface area (Å²) in [5.74, 6) is 0.481. The van der Waals surface area contributed by atoms with E-state index in [2.05, 4.69) is 23.2 Å². The summed E-state index contributed by atoms with van der Waals surface area (Å²) in [5.41, 5.74) is 8.98. The molecule has 7 nitrogen and oxygen atoms in total. The third-order valence-corrected chi connectivity index (χ3v) is 5.17. The van der Waals surface area contributed by atoms with Gasteiger partial charge in [0.25, 0.3) is 6.48 Å². The highest BCUT2D eigenvalue weighted by Gasteiger charge is 2.22. The third kappa shape index (κ3) is 6.30. The molecular formula is C26H30N4O3. The minimum Gasteiger partial charge on any atom is -0.390 e. The Morgan fingerprint density at radius 3 is 2.21 bits per heavy atom. The monoisotopic (exact) mass is 446 g/mol. The lowest BCUT2D eigenvalue weighted by Crippen LogP contribution is -2.25. The molecule has 1 aromatic heterocycles. The number of rotatable bonds is 12. The van der Waals surface area contributed by atoms with E-state index in [1.165, 1.54) is 6.34 Å². The molecule has 1 unspecified atom stereocenters. The van der Waals surface area contributed by atoms with Crippen molar-refractivity contribution < 1.29 is 14.2 Å². The first-order valence-electron chi connectivity index (χ1n) is 11.0. The quantitative estimate of drug-likeness (QED) is 0.245. The predicted octanol–water partition coefficient (Wildman–Crippen LogP) is 4.80. The van der Waals surface area contributed by atoms with Gasteiger partial charge in [-0.2, -0.15) is 5.26 Å². The summed E-state index contributed by atoms with van der Waals surface area (Å²) in [6.45, 7) is 4.93. The lowest BCUT2D eigenvalue weighted by atomic mass is 10.00. The molecule has 3 aromatic rings. The Hall–Kier alpha value is -3.44. The fraction of sp³-hybridized carbons (Fsp3) is 0.308. The molecule has 0 fully saturated rings. The summed E-state index contributed by atoms with van der Waals surface area (Å²) in [5, 5.41) is 9.91. The molecule has 0 aliphatic carbocycles. The maximum Gasteiger partial charge on any atom is 0.271 e. The Morgan fingerprint density at radius 2 is 1.64 bits per heavy atom. The maximum absolute atomic E-state index is 9.91. The number of nitriles is 1. The van der Waals surface area contributed by atoms with Gasteiger partial charge >= 0.3 is 0 Å². The van der Waals surface area contributed by atoms with E-state index in [0.717, 1.165) is 16.7 Å². The molecule has 0 spiro atoms. The number of hydrogen-bond donors (Lipinski definition) is 1. The molecule has 3 rings (SSSR count). The Labute approximate surface area is 195 Å². The van der Waals surface area contributed by atoms with Gasteiger partial charge in [0.1, 0.15) is 11.6 Å². The van der Waals surface area contributed by atoms with Crippen molar-refractivity contribution in [1.29, 1.82) is 5.26 Å². The van der Waals surface area contributed by atoms with E-state index in [1.54, 1.807) is 0 Å². The largest absolute Gasteiger partial charge is 0.390 e. The van der Waals surface area contributed by atoms with Gasteiger partial charge < -0.3 is 24.5 Å². The molecule has 0 saturated carbocycles. The second-order valence-electron chi connectivity index (χ2n) is 7.29. The van der Waals surface area contributed by atoms with Crippen LogP contribution in [0.2, 0.25) is 0 Å². The topological polar surface area (TPSA) is 94.8 Å². The van der Waals surface area contributed by atoms with Crippen LogP contribution in [-0.2, 0) is 20.8 Å². The van der Waals surface area contributed by atoms with Crippen LogP contribution in [0.15, 0.2) is 71.9 Å². The van der Waals surface area contributed by atoms with E-state index in [9.17, 15) is 5.26 Å². The Morgan fingerprint density at radius 1 is 1.00 bits per heavy atom. The molecule has 0 aliphatic rings. The first-order chi connectivity index (χ1) is 16.2. The average Bonchev–Trinajstić information content (AvgIpc) is 3.20. The number of ether oxygens (including phenoxy) is 3. The first-order valence-corrected chi connectivity index (χ1v) is 11.0. The Bertz CT molecular complexity index is 1050. The summed E-state index contributed by atoms with van der Waals surface area (Å²) >= 11 is 0. The fourth-order valence-corrected chi connectivity index (χ4v) is 3.67. The van der Waals surface area contributed by atoms with Gasteiger partial charge in [-0.1, -0.05) is 60.7 Å². The summed E-state index contributed by atoms with van der Waals surface area (Å²) in [6.07, 6.45) is 3.17. The van der Waals surface area contributed by atoms with Gasteiger partial charge in [0.15, 0.2) is 5.82 Å². The number of aromatic nitrogens is 1. The molecule has 1 atom stereocenters. The van der Waals surface area contributed by atoms with Crippen molar-refractivity contribution in [2.24, 2.45) is 10.7 Å². The van der Waals surface area contributed by atoms with Gasteiger partial charge in [0.2, 0.25) is 0 Å². The zero-order chi connectivity index (χ0) is 23.5. The first kappa shape index (κ1) is 24.2. The highest BCUT2D eigenvalue weighted by molar-refractivity contribution is 5.77. The predicted molar refractivity (Wildman–Crippen MR) is 129 cm³/mol. The highest BCUT2D eigenvalue weighted by atomic mass is 16.8. The second kappa shape index (κ2) is 12.6. The van der Waals surface area contributed by atoms with Crippen LogP contribution >= 0.6 is 0 Å². The van der Waals surface area contributed by atoms with Gasteiger partial charge in [-0.15, -0.1) is 0 Å². The second-order valence-corrected chi connectivity index (χ2v) is 7.29. The number of nitrogens with zero attached hydrogens (tertiary/aromatic N) is 3. The molecule has 1 heterocycles.